The van der Waals surface area contributed by atoms with E-state index in [2.05, 4.69) is 35.3 Å². The number of rotatable bonds is 2. The zero-order chi connectivity index (χ0) is 23.9. The monoisotopic (exact) mass is 646 g/mol. The maximum absolute atomic E-state index is 12.6. The van der Waals surface area contributed by atoms with Gasteiger partial charge in [-0.2, -0.15) is 0 Å². The molecule has 0 saturated carbocycles. The van der Waals surface area contributed by atoms with Crippen molar-refractivity contribution in [3.05, 3.63) is 119 Å². The molecule has 36 heavy (non-hydrogen) atoms. The van der Waals surface area contributed by atoms with Crippen molar-refractivity contribution in [2.45, 2.75) is 0 Å². The van der Waals surface area contributed by atoms with Gasteiger partial charge in [0.1, 0.15) is 5.69 Å². The van der Waals surface area contributed by atoms with Crippen molar-refractivity contribution in [2.75, 3.05) is 0 Å². The van der Waals surface area contributed by atoms with Crippen LogP contribution in [0.25, 0.3) is 45.4 Å². The second kappa shape index (κ2) is 9.42. The van der Waals surface area contributed by atoms with E-state index < -0.39 is 5.97 Å². The van der Waals surface area contributed by atoms with E-state index in [1.807, 2.05) is 48.5 Å². The Hall–Kier alpha value is -4.25. The first-order chi connectivity index (χ1) is 17.1. The van der Waals surface area contributed by atoms with E-state index >= 15 is 0 Å². The maximum Gasteiger partial charge on any atom is 0.354 e. The number of pyridine rings is 2. The third kappa shape index (κ3) is 3.96. The average Bonchev–Trinajstić information content (AvgIpc) is 3.45. The molecule has 0 aliphatic heterocycles. The van der Waals surface area contributed by atoms with Crippen LogP contribution in [0.1, 0.15) is 37.5 Å². The molecule has 0 spiro atoms. The summed E-state index contributed by atoms with van der Waals surface area (Å²) in [4.78, 5) is 31.1. The van der Waals surface area contributed by atoms with Gasteiger partial charge in [-0.15, -0.1) is 23.8 Å². The molecule has 5 aromatic rings. The average molecular weight is 646 g/mol. The van der Waals surface area contributed by atoms with Gasteiger partial charge in [0, 0.05) is 37.3 Å². The topological polar surface area (TPSA) is 80.1 Å². The number of benzene rings is 3. The Kier molecular flexibility index (Phi) is 6.15. The van der Waals surface area contributed by atoms with Crippen molar-refractivity contribution in [3.63, 3.8) is 0 Å². The molecule has 0 saturated heterocycles. The fourth-order valence-corrected chi connectivity index (χ4v) is 4.53. The number of aromatic nitrogens is 2. The van der Waals surface area contributed by atoms with E-state index in [1.54, 1.807) is 12.1 Å². The summed E-state index contributed by atoms with van der Waals surface area (Å²) < 4.78 is 0. The molecule has 0 atom stereocenters. The minimum absolute atomic E-state index is 0. The standard InChI is InChI=1S/C24H12NO.C6H5NO2.Ir/c26-24-18-6-2-1-5-17(18)20-12-15(10-11-19(20)24)22-13-16-9-8-14-4-3-7-21(25-22)23(14)16;8-6(9)5-3-1-2-4-7-5;/h1-9,11-13H;1-4H,(H,8,9);/q-1;;. The Balaban J connectivity index is 0.000000229. The van der Waals surface area contributed by atoms with E-state index in [0.717, 1.165) is 39.0 Å². The number of carboxylic acids is 1. The van der Waals surface area contributed by atoms with E-state index in [1.165, 1.54) is 28.8 Å². The number of fused-ring (bicyclic) bond motifs is 3. The van der Waals surface area contributed by atoms with Crippen LogP contribution < -0.4 is 0 Å². The molecule has 2 aromatic heterocycles. The fraction of sp³-hybridized carbons (Fsp3) is 0. The molecule has 0 unspecified atom stereocenters. The molecule has 0 bridgehead atoms. The van der Waals surface area contributed by atoms with Gasteiger partial charge in [0.2, 0.25) is 0 Å². The SMILES string of the molecule is O=C(O)c1ccccn1.O=C1c2ccccc2-c2cc(-c3cc4c5c(cccc5n3)C=C4)[c-]cc21.[Ir]. The van der Waals surface area contributed by atoms with Crippen LogP contribution in [0.2, 0.25) is 0 Å². The summed E-state index contributed by atoms with van der Waals surface area (Å²) in [5.74, 6) is -0.911. The Morgan fingerprint density at radius 3 is 2.33 bits per heavy atom. The minimum atomic E-state index is -0.990. The van der Waals surface area contributed by atoms with Gasteiger partial charge in [-0.25, -0.2) is 9.78 Å². The molecule has 6 heteroatoms. The number of carbonyl (C=O) groups is 2. The van der Waals surface area contributed by atoms with Crippen molar-refractivity contribution in [3.8, 4) is 22.4 Å². The van der Waals surface area contributed by atoms with Gasteiger partial charge >= 0.3 is 5.97 Å². The number of hydrogen-bond acceptors (Lipinski definition) is 4. The second-order valence-corrected chi connectivity index (χ2v) is 8.24. The summed E-state index contributed by atoms with van der Waals surface area (Å²) in [6.07, 6.45) is 5.71. The molecule has 2 aliphatic rings. The zero-order valence-electron chi connectivity index (χ0n) is 18.7. The Labute approximate surface area is 220 Å². The van der Waals surface area contributed by atoms with Crippen LogP contribution in [-0.2, 0) is 20.1 Å². The minimum Gasteiger partial charge on any atom is -0.477 e. The molecular weight excluding hydrogens is 629 g/mol. The van der Waals surface area contributed by atoms with E-state index in [0.29, 0.717) is 0 Å². The summed E-state index contributed by atoms with van der Waals surface area (Å²) in [6.45, 7) is 0. The number of carbonyl (C=O) groups excluding carboxylic acids is 1. The number of hydrogen-bond donors (Lipinski definition) is 1. The maximum atomic E-state index is 12.6. The van der Waals surface area contributed by atoms with Crippen molar-refractivity contribution >= 4 is 34.8 Å². The summed E-state index contributed by atoms with van der Waals surface area (Å²) in [5.41, 5.74) is 8.74. The first-order valence-electron chi connectivity index (χ1n) is 11.1. The van der Waals surface area contributed by atoms with Gasteiger partial charge in [-0.05, 0) is 40.6 Å². The molecule has 1 N–H and O–H groups in total. The Morgan fingerprint density at radius 2 is 1.58 bits per heavy atom. The normalized spacial score (nSPS) is 11.8. The van der Waals surface area contributed by atoms with Gasteiger partial charge < -0.3 is 5.11 Å². The number of nitrogens with zero attached hydrogens (tertiary/aromatic N) is 2. The number of ketones is 1. The number of aromatic carboxylic acids is 1. The van der Waals surface area contributed by atoms with Crippen molar-refractivity contribution < 1.29 is 34.8 Å². The summed E-state index contributed by atoms with van der Waals surface area (Å²) in [5, 5.41) is 9.53. The van der Waals surface area contributed by atoms with Crippen molar-refractivity contribution in [2.24, 2.45) is 0 Å². The van der Waals surface area contributed by atoms with Crippen LogP contribution in [0.4, 0.5) is 0 Å². The van der Waals surface area contributed by atoms with E-state index in [-0.39, 0.29) is 31.6 Å². The van der Waals surface area contributed by atoms with Crippen LogP contribution in [0.3, 0.4) is 0 Å². The van der Waals surface area contributed by atoms with Gasteiger partial charge in [-0.1, -0.05) is 71.8 Å². The first-order valence-corrected chi connectivity index (χ1v) is 11.1. The predicted octanol–water partition coefficient (Wildman–Crippen LogP) is 6.17. The van der Waals surface area contributed by atoms with Gasteiger partial charge in [-0.3, -0.25) is 9.78 Å². The van der Waals surface area contributed by atoms with Crippen LogP contribution >= 0.6 is 0 Å². The third-order valence-electron chi connectivity index (χ3n) is 6.16. The molecular formula is C30H17IrN2O3-. The van der Waals surface area contributed by atoms with Crippen LogP contribution in [0, 0.1) is 6.07 Å². The summed E-state index contributed by atoms with van der Waals surface area (Å²) in [6, 6.07) is 28.0. The number of carboxylic acid groups (broad SMARTS) is 1. The van der Waals surface area contributed by atoms with Crippen LogP contribution in [0.5, 0.6) is 0 Å². The first kappa shape index (κ1) is 23.5. The summed E-state index contributed by atoms with van der Waals surface area (Å²) in [7, 11) is 0. The fourth-order valence-electron chi connectivity index (χ4n) is 4.53. The third-order valence-corrected chi connectivity index (χ3v) is 6.16. The Bertz CT molecular complexity index is 1690. The second-order valence-electron chi connectivity index (χ2n) is 8.24. The van der Waals surface area contributed by atoms with Gasteiger partial charge in [0.15, 0.2) is 5.78 Å². The molecule has 2 heterocycles. The van der Waals surface area contributed by atoms with E-state index in [4.69, 9.17) is 10.1 Å². The molecule has 175 valence electrons. The van der Waals surface area contributed by atoms with Gasteiger partial charge in [0.25, 0.3) is 0 Å². The quantitative estimate of drug-likeness (QED) is 0.228. The van der Waals surface area contributed by atoms with Crippen LogP contribution in [-0.4, -0.2) is 26.8 Å². The zero-order valence-corrected chi connectivity index (χ0v) is 21.1. The summed E-state index contributed by atoms with van der Waals surface area (Å²) >= 11 is 0. The molecule has 0 amide bonds. The largest absolute Gasteiger partial charge is 0.477 e. The molecule has 3 aromatic carbocycles. The van der Waals surface area contributed by atoms with Gasteiger partial charge in [0.05, 0.1) is 5.52 Å². The molecule has 7 rings (SSSR count). The van der Waals surface area contributed by atoms with E-state index in [9.17, 15) is 9.59 Å². The molecule has 0 fully saturated rings. The Morgan fingerprint density at radius 1 is 0.806 bits per heavy atom. The molecule has 2 aliphatic carbocycles. The van der Waals surface area contributed by atoms with Crippen molar-refractivity contribution in [1.29, 1.82) is 0 Å². The van der Waals surface area contributed by atoms with Crippen LogP contribution in [0.15, 0.2) is 85.1 Å². The smallest absolute Gasteiger partial charge is 0.354 e. The molecule has 1 radical (unpaired) electrons. The van der Waals surface area contributed by atoms with Crippen molar-refractivity contribution in [1.82, 2.24) is 9.97 Å². The predicted molar refractivity (Wildman–Crippen MR) is 135 cm³/mol. The molecule has 5 nitrogen and oxygen atoms in total.